The Morgan fingerprint density at radius 1 is 1.19 bits per heavy atom. The third-order valence-corrected chi connectivity index (χ3v) is 4.56. The van der Waals surface area contributed by atoms with E-state index in [1.54, 1.807) is 10.9 Å². The van der Waals surface area contributed by atoms with E-state index in [1.165, 1.54) is 0 Å². The predicted molar refractivity (Wildman–Crippen MR) is 97.8 cm³/mol. The SMILES string of the molecule is CC(C)CNC(=O)c1cn(C2CCN(C(=O)c3ccccc3)CC2)nn1. The lowest BCUT2D eigenvalue weighted by Crippen LogP contribution is -2.39. The molecule has 2 heterocycles. The van der Waals surface area contributed by atoms with Crippen molar-refractivity contribution in [2.75, 3.05) is 19.6 Å². The van der Waals surface area contributed by atoms with Gasteiger partial charge in [0.1, 0.15) is 0 Å². The van der Waals surface area contributed by atoms with Gasteiger partial charge >= 0.3 is 0 Å². The summed E-state index contributed by atoms with van der Waals surface area (Å²) in [5.41, 5.74) is 1.06. The number of rotatable bonds is 5. The van der Waals surface area contributed by atoms with Gasteiger partial charge < -0.3 is 10.2 Å². The van der Waals surface area contributed by atoms with E-state index >= 15 is 0 Å². The van der Waals surface area contributed by atoms with Crippen molar-refractivity contribution in [2.45, 2.75) is 32.7 Å². The summed E-state index contributed by atoms with van der Waals surface area (Å²) < 4.78 is 1.76. The molecule has 0 saturated carbocycles. The Bertz CT molecular complexity index is 748. The maximum atomic E-state index is 12.5. The van der Waals surface area contributed by atoms with Gasteiger partial charge in [0.05, 0.1) is 12.2 Å². The number of piperidine rings is 1. The van der Waals surface area contributed by atoms with Crippen molar-refractivity contribution in [3.05, 3.63) is 47.8 Å². The molecule has 0 aliphatic carbocycles. The lowest BCUT2D eigenvalue weighted by Gasteiger charge is -2.31. The van der Waals surface area contributed by atoms with Crippen LogP contribution in [-0.2, 0) is 0 Å². The van der Waals surface area contributed by atoms with E-state index < -0.39 is 0 Å². The lowest BCUT2D eigenvalue weighted by atomic mass is 10.0. The maximum Gasteiger partial charge on any atom is 0.273 e. The molecule has 2 aromatic rings. The zero-order valence-corrected chi connectivity index (χ0v) is 15.3. The molecule has 0 radical (unpaired) electrons. The van der Waals surface area contributed by atoms with Crippen LogP contribution in [0.25, 0.3) is 0 Å². The van der Waals surface area contributed by atoms with Gasteiger partial charge in [0.15, 0.2) is 5.69 Å². The number of carbonyl (C=O) groups excluding carboxylic acids is 2. The highest BCUT2D eigenvalue weighted by atomic mass is 16.2. The molecule has 1 aromatic carbocycles. The summed E-state index contributed by atoms with van der Waals surface area (Å²) in [6.07, 6.45) is 3.30. The molecule has 7 heteroatoms. The van der Waals surface area contributed by atoms with Crippen molar-refractivity contribution in [1.82, 2.24) is 25.2 Å². The maximum absolute atomic E-state index is 12.5. The molecule has 138 valence electrons. The number of nitrogens with one attached hydrogen (secondary N) is 1. The van der Waals surface area contributed by atoms with Crippen molar-refractivity contribution < 1.29 is 9.59 Å². The molecule has 1 aliphatic heterocycles. The average Bonchev–Trinajstić information content (AvgIpc) is 3.16. The number of hydrogen-bond acceptors (Lipinski definition) is 4. The smallest absolute Gasteiger partial charge is 0.273 e. The molecule has 26 heavy (non-hydrogen) atoms. The van der Waals surface area contributed by atoms with Gasteiger partial charge in [0.25, 0.3) is 11.8 Å². The number of aromatic nitrogens is 3. The normalized spacial score (nSPS) is 15.3. The van der Waals surface area contributed by atoms with Crippen LogP contribution in [0.5, 0.6) is 0 Å². The summed E-state index contributed by atoms with van der Waals surface area (Å²) in [6, 6.07) is 9.50. The number of carbonyl (C=O) groups is 2. The average molecular weight is 355 g/mol. The fourth-order valence-electron chi connectivity index (χ4n) is 3.04. The molecule has 1 aliphatic rings. The van der Waals surface area contributed by atoms with Gasteiger partial charge in [0, 0.05) is 25.2 Å². The largest absolute Gasteiger partial charge is 0.350 e. The van der Waals surface area contributed by atoms with Crippen LogP contribution in [0.2, 0.25) is 0 Å². The number of likely N-dealkylation sites (tertiary alicyclic amines) is 1. The first-order chi connectivity index (χ1) is 12.5. The Hall–Kier alpha value is -2.70. The van der Waals surface area contributed by atoms with E-state index in [4.69, 9.17) is 0 Å². The van der Waals surface area contributed by atoms with Crippen molar-refractivity contribution >= 4 is 11.8 Å². The first kappa shape index (κ1) is 18.1. The van der Waals surface area contributed by atoms with Crippen LogP contribution in [0.1, 0.15) is 53.6 Å². The quantitative estimate of drug-likeness (QED) is 0.891. The minimum absolute atomic E-state index is 0.0661. The Morgan fingerprint density at radius 2 is 1.88 bits per heavy atom. The van der Waals surface area contributed by atoms with E-state index in [0.29, 0.717) is 31.2 Å². The number of benzene rings is 1. The summed E-state index contributed by atoms with van der Waals surface area (Å²) >= 11 is 0. The van der Waals surface area contributed by atoms with Crippen LogP contribution in [0.15, 0.2) is 36.5 Å². The van der Waals surface area contributed by atoms with Crippen LogP contribution in [0.3, 0.4) is 0 Å². The van der Waals surface area contributed by atoms with Crippen molar-refractivity contribution in [2.24, 2.45) is 5.92 Å². The molecule has 2 amide bonds. The van der Waals surface area contributed by atoms with Crippen molar-refractivity contribution in [3.63, 3.8) is 0 Å². The van der Waals surface area contributed by atoms with E-state index in [9.17, 15) is 9.59 Å². The van der Waals surface area contributed by atoms with Crippen molar-refractivity contribution in [3.8, 4) is 0 Å². The van der Waals surface area contributed by atoms with Gasteiger partial charge in [-0.1, -0.05) is 37.3 Å². The highest BCUT2D eigenvalue weighted by Gasteiger charge is 2.25. The molecule has 1 saturated heterocycles. The lowest BCUT2D eigenvalue weighted by molar-refractivity contribution is 0.0689. The van der Waals surface area contributed by atoms with Gasteiger partial charge in [-0.05, 0) is 30.9 Å². The predicted octanol–water partition coefficient (Wildman–Crippen LogP) is 2.14. The van der Waals surface area contributed by atoms with E-state index in [0.717, 1.165) is 18.4 Å². The van der Waals surface area contributed by atoms with Gasteiger partial charge in [-0.25, -0.2) is 4.68 Å². The summed E-state index contributed by atoms with van der Waals surface area (Å²) in [6.45, 7) is 6.05. The summed E-state index contributed by atoms with van der Waals surface area (Å²) in [7, 11) is 0. The molecule has 3 rings (SSSR count). The number of nitrogens with zero attached hydrogens (tertiary/aromatic N) is 4. The molecule has 0 spiro atoms. The second kappa shape index (κ2) is 8.12. The second-order valence-electron chi connectivity index (χ2n) is 7.08. The molecule has 1 N–H and O–H groups in total. The minimum Gasteiger partial charge on any atom is -0.350 e. The summed E-state index contributed by atoms with van der Waals surface area (Å²) in [5.74, 6) is 0.263. The molecule has 0 bridgehead atoms. The standard InChI is InChI=1S/C19H25N5O2/c1-14(2)12-20-18(25)17-13-24(22-21-17)16-8-10-23(11-9-16)19(26)15-6-4-3-5-7-15/h3-7,13-14,16H,8-12H2,1-2H3,(H,20,25). The summed E-state index contributed by atoms with van der Waals surface area (Å²) in [4.78, 5) is 26.4. The third-order valence-electron chi connectivity index (χ3n) is 4.56. The molecular formula is C19H25N5O2. The van der Waals surface area contributed by atoms with Crippen LogP contribution in [0.4, 0.5) is 0 Å². The monoisotopic (exact) mass is 355 g/mol. The molecule has 1 aromatic heterocycles. The Labute approximate surface area is 153 Å². The molecular weight excluding hydrogens is 330 g/mol. The van der Waals surface area contributed by atoms with Crippen LogP contribution in [0, 0.1) is 5.92 Å². The highest BCUT2D eigenvalue weighted by molar-refractivity contribution is 5.94. The molecule has 1 fully saturated rings. The molecule has 0 unspecified atom stereocenters. The zero-order valence-electron chi connectivity index (χ0n) is 15.3. The Kier molecular flexibility index (Phi) is 5.65. The van der Waals surface area contributed by atoms with E-state index in [2.05, 4.69) is 15.6 Å². The van der Waals surface area contributed by atoms with Crippen LogP contribution in [-0.4, -0.2) is 51.3 Å². The Morgan fingerprint density at radius 3 is 2.54 bits per heavy atom. The van der Waals surface area contributed by atoms with Crippen molar-refractivity contribution in [1.29, 1.82) is 0 Å². The molecule has 7 nitrogen and oxygen atoms in total. The number of amides is 2. The van der Waals surface area contributed by atoms with Crippen LogP contribution >= 0.6 is 0 Å². The minimum atomic E-state index is -0.193. The first-order valence-electron chi connectivity index (χ1n) is 9.09. The zero-order chi connectivity index (χ0) is 18.5. The Balaban J connectivity index is 1.55. The first-order valence-corrected chi connectivity index (χ1v) is 9.09. The fraction of sp³-hybridized carbons (Fsp3) is 0.474. The van der Waals surface area contributed by atoms with Gasteiger partial charge in [-0.15, -0.1) is 5.10 Å². The van der Waals surface area contributed by atoms with E-state index in [1.807, 2.05) is 49.1 Å². The van der Waals surface area contributed by atoms with E-state index in [-0.39, 0.29) is 17.9 Å². The third kappa shape index (κ3) is 4.28. The summed E-state index contributed by atoms with van der Waals surface area (Å²) in [5, 5.41) is 11.0. The highest BCUT2D eigenvalue weighted by Crippen LogP contribution is 2.23. The number of hydrogen-bond donors (Lipinski definition) is 1. The second-order valence-corrected chi connectivity index (χ2v) is 7.08. The van der Waals surface area contributed by atoms with Crippen LogP contribution < -0.4 is 5.32 Å². The van der Waals surface area contributed by atoms with Gasteiger partial charge in [-0.2, -0.15) is 0 Å². The van der Waals surface area contributed by atoms with Gasteiger partial charge in [0.2, 0.25) is 0 Å². The van der Waals surface area contributed by atoms with Gasteiger partial charge in [-0.3, -0.25) is 9.59 Å². The molecule has 0 atom stereocenters. The fourth-order valence-corrected chi connectivity index (χ4v) is 3.04. The topological polar surface area (TPSA) is 80.1 Å².